The van der Waals surface area contributed by atoms with Crippen LogP contribution in [0.3, 0.4) is 0 Å². The number of halogens is 6. The number of hydrogen-bond donors (Lipinski definition) is 0. The van der Waals surface area contributed by atoms with Crippen LogP contribution in [-0.4, -0.2) is 0 Å². The van der Waals surface area contributed by atoms with Crippen molar-refractivity contribution in [3.05, 3.63) is 29.8 Å². The molecule has 1 aromatic carbocycles. The average Bonchev–Trinajstić information content (AvgIpc) is 1.77. The molecule has 0 aliphatic rings. The molecule has 0 spiro atoms. The van der Waals surface area contributed by atoms with E-state index in [1.165, 1.54) is 10.9 Å². The molecule has 1 unspecified atom stereocenters. The van der Waals surface area contributed by atoms with E-state index in [-0.39, 0.29) is 28.2 Å². The van der Waals surface area contributed by atoms with Crippen molar-refractivity contribution in [1.82, 2.24) is 0 Å². The highest BCUT2D eigenvalue weighted by Crippen LogP contribution is 1.94. The van der Waals surface area contributed by atoms with Gasteiger partial charge >= 0.3 is 0 Å². The Morgan fingerprint density at radius 3 is 1.21 bits per heavy atom. The molecule has 0 saturated carbocycles. The minimum atomic E-state index is 0. The Kier molecular flexibility index (Phi) is 49.0. The zero-order valence-electron chi connectivity index (χ0n) is 7.34. The van der Waals surface area contributed by atoms with Gasteiger partial charge in [-0.1, -0.05) is 29.8 Å². The van der Waals surface area contributed by atoms with Crippen LogP contribution in [0, 0.1) is 6.92 Å². The Bertz CT molecular complexity index is 157. The molecule has 1 rings (SSSR count). The fourth-order valence-corrected chi connectivity index (χ4v) is 0.759. The summed E-state index contributed by atoms with van der Waals surface area (Å²) in [6, 6.07) is 8.37. The second-order valence-electron chi connectivity index (χ2n) is 1.91. The van der Waals surface area contributed by atoms with Crippen LogP contribution in [0.15, 0.2) is 24.3 Å². The van der Waals surface area contributed by atoms with Crippen LogP contribution < -0.4 is 5.30 Å². The fraction of sp³-hybridized carbons (Fsp3) is 0.143. The molecule has 0 radical (unpaired) electrons. The summed E-state index contributed by atoms with van der Waals surface area (Å²) in [5.41, 5.74) is 1.32. The summed E-state index contributed by atoms with van der Waals surface area (Å²) in [6.07, 6.45) is 0. The quantitative estimate of drug-likeness (QED) is 0.485. The molecular formula is C7H15F6P. The molecule has 0 N–H and O–H groups in total. The van der Waals surface area contributed by atoms with Crippen molar-refractivity contribution in [2.45, 2.75) is 6.92 Å². The van der Waals surface area contributed by atoms with Crippen LogP contribution in [0.5, 0.6) is 0 Å². The monoisotopic (exact) mass is 244 g/mol. The predicted octanol–water partition coefficient (Wildman–Crippen LogP) is 2.41. The number of rotatable bonds is 0. The lowest BCUT2D eigenvalue weighted by molar-refractivity contribution is 1.11. The van der Waals surface area contributed by atoms with Crippen molar-refractivity contribution < 1.29 is 28.2 Å². The van der Waals surface area contributed by atoms with Crippen molar-refractivity contribution in [3.8, 4) is 0 Å². The van der Waals surface area contributed by atoms with Crippen molar-refractivity contribution in [3.63, 3.8) is 0 Å². The van der Waals surface area contributed by atoms with Crippen LogP contribution in [0.1, 0.15) is 5.56 Å². The first-order valence-electron chi connectivity index (χ1n) is 2.61. The molecule has 90 valence electrons. The lowest BCUT2D eigenvalue weighted by atomic mass is 10.2. The molecule has 0 bridgehead atoms. The van der Waals surface area contributed by atoms with E-state index in [1.807, 2.05) is 0 Å². The highest BCUT2D eigenvalue weighted by atomic mass is 31.0. The first kappa shape index (κ1) is 37.9. The van der Waals surface area contributed by atoms with Gasteiger partial charge in [-0.15, -0.1) is 9.24 Å². The second-order valence-corrected chi connectivity index (χ2v) is 2.58. The summed E-state index contributed by atoms with van der Waals surface area (Å²) in [5.74, 6) is 0. The summed E-state index contributed by atoms with van der Waals surface area (Å²) in [4.78, 5) is 0. The largest absolute Gasteiger partial charge is 0.269 e. The molecular weight excluding hydrogens is 229 g/mol. The molecule has 0 aromatic heterocycles. The Hall–Kier alpha value is -0.770. The average molecular weight is 244 g/mol. The summed E-state index contributed by atoms with van der Waals surface area (Å²) in [5, 5.41) is 1.25. The van der Waals surface area contributed by atoms with E-state index < -0.39 is 0 Å². The Morgan fingerprint density at radius 2 is 1.00 bits per heavy atom. The summed E-state index contributed by atoms with van der Waals surface area (Å²) in [7, 11) is 2.65. The van der Waals surface area contributed by atoms with Gasteiger partial charge in [-0.3, -0.25) is 28.2 Å². The lowest BCUT2D eigenvalue weighted by Crippen LogP contribution is -1.85. The predicted molar refractivity (Wildman–Crippen MR) is 55.5 cm³/mol. The van der Waals surface area contributed by atoms with Crippen molar-refractivity contribution >= 4 is 14.5 Å². The van der Waals surface area contributed by atoms with Gasteiger partial charge in [-0.2, -0.15) is 0 Å². The third-order valence-electron chi connectivity index (χ3n) is 1.08. The number of benzene rings is 1. The molecule has 1 aromatic rings. The van der Waals surface area contributed by atoms with Gasteiger partial charge in [0.15, 0.2) is 0 Å². The molecule has 0 aliphatic carbocycles. The number of hydrogen-bond acceptors (Lipinski definition) is 0. The van der Waals surface area contributed by atoms with Crippen LogP contribution >= 0.6 is 9.24 Å². The molecule has 0 aliphatic heterocycles. The van der Waals surface area contributed by atoms with Crippen molar-refractivity contribution in [2.24, 2.45) is 0 Å². The molecule has 0 nitrogen and oxygen atoms in total. The van der Waals surface area contributed by atoms with E-state index in [9.17, 15) is 0 Å². The van der Waals surface area contributed by atoms with E-state index in [2.05, 4.69) is 40.4 Å². The molecule has 0 amide bonds. The van der Waals surface area contributed by atoms with Gasteiger partial charge in [-0.05, 0) is 12.2 Å². The molecule has 7 heteroatoms. The molecule has 0 heterocycles. The zero-order chi connectivity index (χ0) is 5.98. The van der Waals surface area contributed by atoms with Crippen LogP contribution in [0.25, 0.3) is 0 Å². The minimum Gasteiger partial charge on any atom is -0.269 e. The van der Waals surface area contributed by atoms with Crippen molar-refractivity contribution in [2.75, 3.05) is 0 Å². The maximum atomic E-state index is 2.65. The SMILES string of the molecule is Cc1ccc(P)cc1.F.F.F.F.F.F. The summed E-state index contributed by atoms with van der Waals surface area (Å²) in [6.45, 7) is 2.09. The minimum absolute atomic E-state index is 0. The van der Waals surface area contributed by atoms with Gasteiger partial charge in [0.05, 0.1) is 0 Å². The third kappa shape index (κ3) is 13.8. The van der Waals surface area contributed by atoms with E-state index in [1.54, 1.807) is 0 Å². The van der Waals surface area contributed by atoms with E-state index in [4.69, 9.17) is 0 Å². The van der Waals surface area contributed by atoms with E-state index >= 15 is 0 Å². The standard InChI is InChI=1S/C7H9P.6FH/c1-6-2-4-7(8)5-3-6;;;;;;/h2-5H,8H2,1H3;6*1H. The highest BCUT2D eigenvalue weighted by Gasteiger charge is 1.79. The van der Waals surface area contributed by atoms with Crippen LogP contribution in [-0.2, 0) is 0 Å². The fourth-order valence-electron chi connectivity index (χ4n) is 0.566. The Labute approximate surface area is 80.5 Å². The first-order valence-corrected chi connectivity index (χ1v) is 3.19. The first-order chi connectivity index (χ1) is 3.79. The van der Waals surface area contributed by atoms with E-state index in [0.717, 1.165) is 0 Å². The summed E-state index contributed by atoms with van der Waals surface area (Å²) < 4.78 is 0. The van der Waals surface area contributed by atoms with Gasteiger partial charge in [0.2, 0.25) is 0 Å². The molecule has 0 fully saturated rings. The van der Waals surface area contributed by atoms with Crippen molar-refractivity contribution in [1.29, 1.82) is 0 Å². The van der Waals surface area contributed by atoms with E-state index in [0.29, 0.717) is 0 Å². The highest BCUT2D eigenvalue weighted by molar-refractivity contribution is 7.27. The van der Waals surface area contributed by atoms with Crippen LogP contribution in [0.4, 0.5) is 28.2 Å². The number of aryl methyl sites for hydroxylation is 1. The smallest absolute Gasteiger partial charge is 0.0302 e. The van der Waals surface area contributed by atoms with Gasteiger partial charge in [0.25, 0.3) is 0 Å². The normalized spacial score (nSPS) is 5.29. The molecule has 0 saturated heterocycles. The maximum absolute atomic E-state index is 2.65. The molecule has 1 atom stereocenters. The molecule has 14 heavy (non-hydrogen) atoms. The van der Waals surface area contributed by atoms with Gasteiger partial charge < -0.3 is 0 Å². The topological polar surface area (TPSA) is 0 Å². The zero-order valence-corrected chi connectivity index (χ0v) is 8.49. The van der Waals surface area contributed by atoms with Crippen LogP contribution in [0.2, 0.25) is 0 Å². The lowest BCUT2D eigenvalue weighted by Gasteiger charge is -1.89. The second kappa shape index (κ2) is 18.1. The van der Waals surface area contributed by atoms with Gasteiger partial charge in [-0.25, -0.2) is 0 Å². The maximum Gasteiger partial charge on any atom is -0.0302 e. The van der Waals surface area contributed by atoms with Gasteiger partial charge in [0, 0.05) is 0 Å². The summed E-state index contributed by atoms with van der Waals surface area (Å²) >= 11 is 0. The third-order valence-corrected chi connectivity index (χ3v) is 1.46. The van der Waals surface area contributed by atoms with Gasteiger partial charge in [0.1, 0.15) is 0 Å². The Balaban J connectivity index is -0.0000000267. The Morgan fingerprint density at radius 1 is 0.714 bits per heavy atom.